The maximum absolute atomic E-state index is 12.4. The number of carbonyl (C=O) groups is 1. The lowest BCUT2D eigenvalue weighted by molar-refractivity contribution is 0.102. The zero-order valence-corrected chi connectivity index (χ0v) is 15.0. The zero-order chi connectivity index (χ0) is 19.2. The maximum Gasteiger partial charge on any atom is 0.274 e. The van der Waals surface area contributed by atoms with Crippen LogP contribution in [0, 0.1) is 11.3 Å². The van der Waals surface area contributed by atoms with E-state index in [1.165, 1.54) is 19.4 Å². The van der Waals surface area contributed by atoms with Crippen molar-refractivity contribution >= 4 is 34.8 Å². The van der Waals surface area contributed by atoms with Crippen molar-refractivity contribution in [2.24, 2.45) is 0 Å². The highest BCUT2D eigenvalue weighted by molar-refractivity contribution is 6.31. The summed E-state index contributed by atoms with van der Waals surface area (Å²) in [5.74, 6) is 0.390. The third kappa shape index (κ3) is 4.51. The number of nitriles is 1. The van der Waals surface area contributed by atoms with Crippen molar-refractivity contribution in [3.05, 3.63) is 71.0 Å². The summed E-state index contributed by atoms with van der Waals surface area (Å²) in [6.07, 6.45) is 1.47. The number of nitrogens with zero attached hydrogens (tertiary/aromatic N) is 3. The van der Waals surface area contributed by atoms with E-state index >= 15 is 0 Å². The van der Waals surface area contributed by atoms with Crippen LogP contribution in [0.2, 0.25) is 5.02 Å². The minimum atomic E-state index is -0.400. The number of halogens is 1. The van der Waals surface area contributed by atoms with Gasteiger partial charge in [-0.3, -0.25) is 4.79 Å². The number of amides is 1. The summed E-state index contributed by atoms with van der Waals surface area (Å²) in [7, 11) is 1.54. The molecule has 1 aromatic heterocycles. The Morgan fingerprint density at radius 1 is 1.19 bits per heavy atom. The molecule has 0 atom stereocenters. The lowest BCUT2D eigenvalue weighted by atomic mass is 10.2. The minimum Gasteiger partial charge on any atom is -0.495 e. The Balaban J connectivity index is 1.77. The van der Waals surface area contributed by atoms with Gasteiger partial charge in [-0.2, -0.15) is 5.26 Å². The van der Waals surface area contributed by atoms with E-state index in [0.717, 1.165) is 0 Å². The van der Waals surface area contributed by atoms with Gasteiger partial charge in [-0.15, -0.1) is 0 Å². The quantitative estimate of drug-likeness (QED) is 0.694. The molecule has 7 nitrogen and oxygen atoms in total. The molecule has 0 saturated carbocycles. The van der Waals surface area contributed by atoms with Gasteiger partial charge in [0.1, 0.15) is 11.4 Å². The molecule has 0 saturated heterocycles. The highest BCUT2D eigenvalue weighted by Crippen LogP contribution is 2.29. The Labute approximate surface area is 160 Å². The fourth-order valence-corrected chi connectivity index (χ4v) is 2.44. The summed E-state index contributed by atoms with van der Waals surface area (Å²) in [5, 5.41) is 15.0. The standard InChI is InChI=1S/C19H14ClN5O2/c1-27-17-7-4-13(20)10-16(17)25-19-22-9-8-15(24-19)18(26)23-14-5-2-12(11-21)3-6-14/h2-10H,1H3,(H,23,26)(H,22,24,25). The van der Waals surface area contributed by atoms with E-state index in [1.54, 1.807) is 42.5 Å². The molecular formula is C19H14ClN5O2. The molecule has 3 aromatic rings. The van der Waals surface area contributed by atoms with Crippen LogP contribution in [0.25, 0.3) is 0 Å². The molecule has 0 bridgehead atoms. The number of hydrogen-bond acceptors (Lipinski definition) is 6. The third-order valence-electron chi connectivity index (χ3n) is 3.57. The van der Waals surface area contributed by atoms with Crippen LogP contribution in [0.15, 0.2) is 54.7 Å². The number of nitrogens with one attached hydrogen (secondary N) is 2. The van der Waals surface area contributed by atoms with Crippen molar-refractivity contribution in [1.82, 2.24) is 9.97 Å². The molecule has 2 N–H and O–H groups in total. The molecule has 0 unspecified atom stereocenters. The van der Waals surface area contributed by atoms with E-state index in [1.807, 2.05) is 6.07 Å². The van der Waals surface area contributed by atoms with Crippen LogP contribution in [0.4, 0.5) is 17.3 Å². The number of carbonyl (C=O) groups excluding carboxylic acids is 1. The maximum atomic E-state index is 12.4. The first-order valence-electron chi connectivity index (χ1n) is 7.84. The largest absolute Gasteiger partial charge is 0.495 e. The zero-order valence-electron chi connectivity index (χ0n) is 14.2. The molecule has 3 rings (SSSR count). The Bertz CT molecular complexity index is 1020. The minimum absolute atomic E-state index is 0.179. The molecule has 134 valence electrons. The van der Waals surface area contributed by atoms with Gasteiger partial charge in [0.2, 0.25) is 5.95 Å². The number of methoxy groups -OCH3 is 1. The van der Waals surface area contributed by atoms with Crippen LogP contribution in [0.3, 0.4) is 0 Å². The molecule has 0 spiro atoms. The van der Waals surface area contributed by atoms with Crippen LogP contribution >= 0.6 is 11.6 Å². The molecule has 1 amide bonds. The first-order valence-corrected chi connectivity index (χ1v) is 8.22. The number of anilines is 3. The van der Waals surface area contributed by atoms with Crippen LogP contribution in [0.1, 0.15) is 16.1 Å². The smallest absolute Gasteiger partial charge is 0.274 e. The predicted octanol–water partition coefficient (Wildman–Crippen LogP) is 4.01. The van der Waals surface area contributed by atoms with Gasteiger partial charge in [-0.1, -0.05) is 11.6 Å². The number of benzene rings is 2. The van der Waals surface area contributed by atoms with Gasteiger partial charge in [0.05, 0.1) is 24.4 Å². The summed E-state index contributed by atoms with van der Waals surface area (Å²) in [4.78, 5) is 20.7. The van der Waals surface area contributed by atoms with Gasteiger partial charge in [-0.25, -0.2) is 9.97 Å². The molecule has 0 aliphatic heterocycles. The topological polar surface area (TPSA) is 99.9 Å². The number of hydrogen-bond donors (Lipinski definition) is 2. The molecule has 2 aromatic carbocycles. The molecule has 0 fully saturated rings. The summed E-state index contributed by atoms with van der Waals surface area (Å²) in [6, 6.07) is 15.1. The molecule has 0 aliphatic rings. The molecule has 27 heavy (non-hydrogen) atoms. The summed E-state index contributed by atoms with van der Waals surface area (Å²) < 4.78 is 5.27. The second kappa shape index (κ2) is 8.17. The van der Waals surface area contributed by atoms with Crippen LogP contribution < -0.4 is 15.4 Å². The summed E-state index contributed by atoms with van der Waals surface area (Å²) in [5.41, 5.74) is 1.83. The van der Waals surface area contributed by atoms with E-state index in [0.29, 0.717) is 27.7 Å². The van der Waals surface area contributed by atoms with Crippen molar-refractivity contribution in [1.29, 1.82) is 5.26 Å². The first-order chi connectivity index (χ1) is 13.1. The summed E-state index contributed by atoms with van der Waals surface area (Å²) in [6.45, 7) is 0. The fourth-order valence-electron chi connectivity index (χ4n) is 2.27. The molecule has 0 aliphatic carbocycles. The lowest BCUT2D eigenvalue weighted by Gasteiger charge is -2.11. The molecular weight excluding hydrogens is 366 g/mol. The number of aromatic nitrogens is 2. The van der Waals surface area contributed by atoms with Gasteiger partial charge < -0.3 is 15.4 Å². The number of ether oxygens (including phenoxy) is 1. The monoisotopic (exact) mass is 379 g/mol. The van der Waals surface area contributed by atoms with Gasteiger partial charge >= 0.3 is 0 Å². The molecule has 0 radical (unpaired) electrons. The fraction of sp³-hybridized carbons (Fsp3) is 0.0526. The van der Waals surface area contributed by atoms with Crippen molar-refractivity contribution < 1.29 is 9.53 Å². The van der Waals surface area contributed by atoms with E-state index in [-0.39, 0.29) is 11.6 Å². The highest BCUT2D eigenvalue weighted by atomic mass is 35.5. The van der Waals surface area contributed by atoms with Crippen molar-refractivity contribution in [2.45, 2.75) is 0 Å². The molecule has 8 heteroatoms. The van der Waals surface area contributed by atoms with E-state index in [4.69, 9.17) is 21.6 Å². The average molecular weight is 380 g/mol. The van der Waals surface area contributed by atoms with Crippen molar-refractivity contribution in [3.8, 4) is 11.8 Å². The van der Waals surface area contributed by atoms with Gasteiger partial charge in [0, 0.05) is 16.9 Å². The van der Waals surface area contributed by atoms with Crippen molar-refractivity contribution in [3.63, 3.8) is 0 Å². The van der Waals surface area contributed by atoms with Gasteiger partial charge in [-0.05, 0) is 48.5 Å². The predicted molar refractivity (Wildman–Crippen MR) is 102 cm³/mol. The lowest BCUT2D eigenvalue weighted by Crippen LogP contribution is -2.14. The van der Waals surface area contributed by atoms with Crippen LogP contribution in [-0.2, 0) is 0 Å². The SMILES string of the molecule is COc1ccc(Cl)cc1Nc1nccc(C(=O)Nc2ccc(C#N)cc2)n1. The second-order valence-corrected chi connectivity index (χ2v) is 5.81. The Kier molecular flexibility index (Phi) is 5.50. The third-order valence-corrected chi connectivity index (χ3v) is 3.80. The second-order valence-electron chi connectivity index (χ2n) is 5.38. The van der Waals surface area contributed by atoms with E-state index in [9.17, 15) is 4.79 Å². The van der Waals surface area contributed by atoms with Crippen LogP contribution in [-0.4, -0.2) is 23.0 Å². The van der Waals surface area contributed by atoms with Gasteiger partial charge in [0.15, 0.2) is 0 Å². The van der Waals surface area contributed by atoms with E-state index < -0.39 is 5.91 Å². The average Bonchev–Trinajstić information content (AvgIpc) is 2.69. The molecule has 1 heterocycles. The Hall–Kier alpha value is -3.63. The highest BCUT2D eigenvalue weighted by Gasteiger charge is 2.11. The first kappa shape index (κ1) is 18.2. The number of rotatable bonds is 5. The van der Waals surface area contributed by atoms with E-state index in [2.05, 4.69) is 20.6 Å². The van der Waals surface area contributed by atoms with Crippen LogP contribution in [0.5, 0.6) is 5.75 Å². The normalized spacial score (nSPS) is 9.96. The van der Waals surface area contributed by atoms with Crippen molar-refractivity contribution in [2.75, 3.05) is 17.7 Å². The Morgan fingerprint density at radius 3 is 2.67 bits per heavy atom. The Morgan fingerprint density at radius 2 is 1.96 bits per heavy atom. The van der Waals surface area contributed by atoms with Gasteiger partial charge in [0.25, 0.3) is 5.91 Å². The summed E-state index contributed by atoms with van der Waals surface area (Å²) >= 11 is 6.01.